The molecule has 1 saturated carbocycles. The van der Waals surface area contributed by atoms with Crippen molar-refractivity contribution in [3.63, 3.8) is 0 Å². The molecule has 5 heteroatoms. The minimum atomic E-state index is -0.797. The average molecular weight is 241 g/mol. The molecule has 96 valence electrons. The molecule has 2 rings (SSSR count). The van der Waals surface area contributed by atoms with Crippen LogP contribution in [0.4, 0.5) is 0 Å². The van der Waals surface area contributed by atoms with Gasteiger partial charge in [0.2, 0.25) is 5.91 Å². The van der Waals surface area contributed by atoms with Crippen LogP contribution in [0.5, 0.6) is 0 Å². The lowest BCUT2D eigenvalue weighted by Gasteiger charge is -2.37. The Morgan fingerprint density at radius 2 is 2.18 bits per heavy atom. The van der Waals surface area contributed by atoms with E-state index in [4.69, 9.17) is 9.84 Å². The van der Waals surface area contributed by atoms with Gasteiger partial charge in [-0.2, -0.15) is 0 Å². The highest BCUT2D eigenvalue weighted by Gasteiger charge is 2.39. The van der Waals surface area contributed by atoms with Crippen LogP contribution in [0.15, 0.2) is 0 Å². The van der Waals surface area contributed by atoms with E-state index >= 15 is 0 Å². The summed E-state index contributed by atoms with van der Waals surface area (Å²) in [7, 11) is 1.66. The fraction of sp³-hybridized carbons (Fsp3) is 0.833. The summed E-state index contributed by atoms with van der Waals surface area (Å²) in [5.41, 5.74) is 0. The first-order valence-corrected chi connectivity index (χ1v) is 6.18. The molecule has 1 amide bonds. The molecule has 0 radical (unpaired) electrons. The van der Waals surface area contributed by atoms with Crippen LogP contribution in [-0.4, -0.2) is 47.7 Å². The third-order valence-electron chi connectivity index (χ3n) is 3.91. The predicted molar refractivity (Wildman–Crippen MR) is 60.5 cm³/mol. The van der Waals surface area contributed by atoms with E-state index in [2.05, 4.69) is 0 Å². The number of piperidine rings is 1. The van der Waals surface area contributed by atoms with Crippen molar-refractivity contribution in [3.8, 4) is 0 Å². The smallest absolute Gasteiger partial charge is 0.308 e. The minimum absolute atomic E-state index is 0.0755. The van der Waals surface area contributed by atoms with Gasteiger partial charge in [0, 0.05) is 20.1 Å². The van der Waals surface area contributed by atoms with Gasteiger partial charge in [0.15, 0.2) is 0 Å². The van der Waals surface area contributed by atoms with Crippen LogP contribution in [0, 0.1) is 5.92 Å². The zero-order chi connectivity index (χ0) is 12.4. The Bertz CT molecular complexity index is 318. The molecule has 3 atom stereocenters. The molecule has 5 nitrogen and oxygen atoms in total. The largest absolute Gasteiger partial charge is 0.481 e. The summed E-state index contributed by atoms with van der Waals surface area (Å²) in [4.78, 5) is 24.6. The number of rotatable bonds is 3. The number of aliphatic carboxylic acids is 1. The van der Waals surface area contributed by atoms with Crippen LogP contribution in [0.1, 0.15) is 32.1 Å². The molecule has 0 aromatic rings. The maximum atomic E-state index is 11.9. The number of carboxylic acids is 1. The SMILES string of the molecule is COC1CCCC1N1CC(C(=O)O)CCC1=O. The van der Waals surface area contributed by atoms with Crippen molar-refractivity contribution in [2.24, 2.45) is 5.92 Å². The first-order valence-electron chi connectivity index (χ1n) is 6.18. The number of carbonyl (C=O) groups is 2. The average Bonchev–Trinajstić information content (AvgIpc) is 2.77. The monoisotopic (exact) mass is 241 g/mol. The van der Waals surface area contributed by atoms with Crippen LogP contribution in [-0.2, 0) is 14.3 Å². The van der Waals surface area contributed by atoms with E-state index in [1.54, 1.807) is 12.0 Å². The van der Waals surface area contributed by atoms with E-state index in [-0.39, 0.29) is 18.1 Å². The summed E-state index contributed by atoms with van der Waals surface area (Å²) in [5.74, 6) is -1.13. The van der Waals surface area contributed by atoms with Gasteiger partial charge in [-0.3, -0.25) is 9.59 Å². The van der Waals surface area contributed by atoms with E-state index in [9.17, 15) is 9.59 Å². The van der Waals surface area contributed by atoms with Gasteiger partial charge in [-0.15, -0.1) is 0 Å². The second kappa shape index (κ2) is 5.04. The molecule has 0 bridgehead atoms. The van der Waals surface area contributed by atoms with Crippen molar-refractivity contribution in [1.82, 2.24) is 4.90 Å². The predicted octanol–water partition coefficient (Wildman–Crippen LogP) is 0.877. The van der Waals surface area contributed by atoms with Crippen molar-refractivity contribution < 1.29 is 19.4 Å². The number of ether oxygens (including phenoxy) is 1. The molecular weight excluding hydrogens is 222 g/mol. The van der Waals surface area contributed by atoms with Crippen LogP contribution in [0.2, 0.25) is 0 Å². The Morgan fingerprint density at radius 1 is 1.41 bits per heavy atom. The Morgan fingerprint density at radius 3 is 2.82 bits per heavy atom. The first-order chi connectivity index (χ1) is 8.13. The molecule has 3 unspecified atom stereocenters. The van der Waals surface area contributed by atoms with Gasteiger partial charge in [0.1, 0.15) is 0 Å². The van der Waals surface area contributed by atoms with E-state index in [0.717, 1.165) is 19.3 Å². The standard InChI is InChI=1S/C12H19NO4/c1-17-10-4-2-3-9(10)13-7-8(12(15)16)5-6-11(13)14/h8-10H,2-7H2,1H3,(H,15,16). The van der Waals surface area contributed by atoms with Crippen LogP contribution >= 0.6 is 0 Å². The van der Waals surface area contributed by atoms with Gasteiger partial charge in [0.05, 0.1) is 18.1 Å². The summed E-state index contributed by atoms with van der Waals surface area (Å²) < 4.78 is 5.38. The lowest BCUT2D eigenvalue weighted by atomic mass is 9.95. The van der Waals surface area contributed by atoms with Gasteiger partial charge in [-0.25, -0.2) is 0 Å². The van der Waals surface area contributed by atoms with Crippen molar-refractivity contribution >= 4 is 11.9 Å². The number of hydrogen-bond acceptors (Lipinski definition) is 3. The van der Waals surface area contributed by atoms with E-state index in [0.29, 0.717) is 19.4 Å². The minimum Gasteiger partial charge on any atom is -0.481 e. The molecule has 1 aliphatic heterocycles. The topological polar surface area (TPSA) is 66.8 Å². The lowest BCUT2D eigenvalue weighted by molar-refractivity contribution is -0.150. The van der Waals surface area contributed by atoms with Crippen molar-refractivity contribution in [2.75, 3.05) is 13.7 Å². The van der Waals surface area contributed by atoms with Gasteiger partial charge in [-0.05, 0) is 25.7 Å². The maximum Gasteiger partial charge on any atom is 0.308 e. The zero-order valence-corrected chi connectivity index (χ0v) is 10.1. The third-order valence-corrected chi connectivity index (χ3v) is 3.91. The Labute approximate surface area is 101 Å². The molecule has 17 heavy (non-hydrogen) atoms. The molecule has 1 aliphatic carbocycles. The number of carbonyl (C=O) groups excluding carboxylic acids is 1. The van der Waals surface area contributed by atoms with E-state index < -0.39 is 11.9 Å². The van der Waals surface area contributed by atoms with Crippen molar-refractivity contribution in [2.45, 2.75) is 44.2 Å². The van der Waals surface area contributed by atoms with Crippen molar-refractivity contribution in [1.29, 1.82) is 0 Å². The third kappa shape index (κ3) is 2.44. The lowest BCUT2D eigenvalue weighted by Crippen LogP contribution is -2.51. The van der Waals surface area contributed by atoms with E-state index in [1.807, 2.05) is 0 Å². The molecule has 0 spiro atoms. The fourth-order valence-corrected chi connectivity index (χ4v) is 2.93. The molecule has 2 fully saturated rings. The number of carboxylic acid groups (broad SMARTS) is 1. The highest BCUT2D eigenvalue weighted by atomic mass is 16.5. The number of amides is 1. The fourth-order valence-electron chi connectivity index (χ4n) is 2.93. The zero-order valence-electron chi connectivity index (χ0n) is 10.1. The summed E-state index contributed by atoms with van der Waals surface area (Å²) in [6, 6.07) is 0.0784. The highest BCUT2D eigenvalue weighted by molar-refractivity contribution is 5.80. The van der Waals surface area contributed by atoms with E-state index in [1.165, 1.54) is 0 Å². The van der Waals surface area contributed by atoms with Gasteiger partial charge < -0.3 is 14.7 Å². The van der Waals surface area contributed by atoms with Crippen LogP contribution < -0.4 is 0 Å². The molecule has 0 aromatic carbocycles. The Hall–Kier alpha value is -1.10. The molecule has 1 saturated heterocycles. The summed E-state index contributed by atoms with van der Waals surface area (Å²) in [6.07, 6.45) is 3.83. The van der Waals surface area contributed by atoms with Crippen molar-refractivity contribution in [3.05, 3.63) is 0 Å². The second-order valence-electron chi connectivity index (χ2n) is 4.89. The normalized spacial score (nSPS) is 34.1. The van der Waals surface area contributed by atoms with Crippen LogP contribution in [0.25, 0.3) is 0 Å². The first kappa shape index (κ1) is 12.4. The van der Waals surface area contributed by atoms with Crippen LogP contribution in [0.3, 0.4) is 0 Å². The quantitative estimate of drug-likeness (QED) is 0.796. The summed E-state index contributed by atoms with van der Waals surface area (Å²) in [5, 5.41) is 9.04. The number of hydrogen-bond donors (Lipinski definition) is 1. The van der Waals surface area contributed by atoms with Gasteiger partial charge >= 0.3 is 5.97 Å². The molecule has 1 heterocycles. The Kier molecular flexibility index (Phi) is 3.66. The number of likely N-dealkylation sites (tertiary alicyclic amines) is 1. The second-order valence-corrected chi connectivity index (χ2v) is 4.89. The number of methoxy groups -OCH3 is 1. The highest BCUT2D eigenvalue weighted by Crippen LogP contribution is 2.30. The molecule has 0 aromatic heterocycles. The molecule has 2 aliphatic rings. The van der Waals surface area contributed by atoms with Gasteiger partial charge in [0.25, 0.3) is 0 Å². The Balaban J connectivity index is 2.07. The summed E-state index contributed by atoms with van der Waals surface area (Å²) >= 11 is 0. The maximum absolute atomic E-state index is 11.9. The summed E-state index contributed by atoms with van der Waals surface area (Å²) in [6.45, 7) is 0.346. The van der Waals surface area contributed by atoms with Gasteiger partial charge in [-0.1, -0.05) is 0 Å². The molecule has 1 N–H and O–H groups in total. The number of nitrogens with zero attached hydrogens (tertiary/aromatic N) is 1. The molecular formula is C12H19NO4.